The minimum Gasteiger partial charge on any atom is -0.441 e. The van der Waals surface area contributed by atoms with Crippen molar-refractivity contribution in [2.45, 2.75) is 51.2 Å². The number of rotatable bonds is 3. The van der Waals surface area contributed by atoms with Crippen LogP contribution in [0.5, 0.6) is 0 Å². The maximum absolute atomic E-state index is 11.3. The van der Waals surface area contributed by atoms with E-state index >= 15 is 0 Å². The number of ether oxygens (including phenoxy) is 1. The number of nitrogens with one attached hydrogen (secondary N) is 1. The molecule has 0 spiro atoms. The molecule has 14 heavy (non-hydrogen) atoms. The van der Waals surface area contributed by atoms with Gasteiger partial charge >= 0.3 is 6.09 Å². The van der Waals surface area contributed by atoms with Gasteiger partial charge in [0, 0.05) is 6.04 Å². The lowest BCUT2D eigenvalue weighted by Crippen LogP contribution is -2.40. The highest BCUT2D eigenvalue weighted by Gasteiger charge is 2.24. The lowest BCUT2D eigenvalue weighted by Gasteiger charge is -2.23. The van der Waals surface area contributed by atoms with Gasteiger partial charge in [-0.1, -0.05) is 12.8 Å². The van der Waals surface area contributed by atoms with Gasteiger partial charge in [-0.15, -0.1) is 0 Å². The summed E-state index contributed by atoms with van der Waals surface area (Å²) in [5.74, 6) is 0. The van der Waals surface area contributed by atoms with Gasteiger partial charge in [-0.2, -0.15) is 0 Å². The average Bonchev–Trinajstić information content (AvgIpc) is 2.55. The van der Waals surface area contributed by atoms with Gasteiger partial charge in [0.15, 0.2) is 0 Å². The van der Waals surface area contributed by atoms with Crippen LogP contribution < -0.4 is 5.32 Å². The summed E-state index contributed by atoms with van der Waals surface area (Å²) < 4.78 is 5.05. The number of aliphatic hydroxyl groups is 1. The highest BCUT2D eigenvalue weighted by atomic mass is 16.6. The maximum Gasteiger partial charge on any atom is 0.407 e. The summed E-state index contributed by atoms with van der Waals surface area (Å²) in [6.07, 6.45) is 4.00. The average molecular weight is 201 g/mol. The second kappa shape index (κ2) is 4.64. The van der Waals surface area contributed by atoms with Crippen molar-refractivity contribution in [3.8, 4) is 0 Å². The molecule has 0 aromatic carbocycles. The molecule has 0 aromatic heterocycles. The third-order valence-electron chi connectivity index (χ3n) is 2.43. The number of hydrogen-bond donors (Lipinski definition) is 2. The lowest BCUT2D eigenvalue weighted by molar-refractivity contribution is -0.00456. The normalized spacial score (nSPS) is 18.2. The number of carbonyl (C=O) groups excluding carboxylic acids is 1. The van der Waals surface area contributed by atoms with E-state index in [4.69, 9.17) is 9.84 Å². The summed E-state index contributed by atoms with van der Waals surface area (Å²) in [5, 5.41) is 11.7. The van der Waals surface area contributed by atoms with Crippen LogP contribution in [0, 0.1) is 0 Å². The van der Waals surface area contributed by atoms with Crippen LogP contribution in [-0.2, 0) is 4.74 Å². The summed E-state index contributed by atoms with van der Waals surface area (Å²) in [4.78, 5) is 11.3. The van der Waals surface area contributed by atoms with Crippen LogP contribution in [0.3, 0.4) is 0 Å². The Morgan fingerprint density at radius 2 is 2.07 bits per heavy atom. The Hall–Kier alpha value is -0.770. The first-order valence-electron chi connectivity index (χ1n) is 5.14. The summed E-state index contributed by atoms with van der Waals surface area (Å²) in [6, 6.07) is 0.261. The summed E-state index contributed by atoms with van der Waals surface area (Å²) >= 11 is 0. The Labute approximate surface area is 84.6 Å². The summed E-state index contributed by atoms with van der Waals surface area (Å²) in [5.41, 5.74) is -0.789. The number of alkyl carbamates (subject to hydrolysis) is 1. The van der Waals surface area contributed by atoms with Gasteiger partial charge in [0.05, 0.1) is 6.61 Å². The quantitative estimate of drug-likeness (QED) is 0.726. The molecule has 0 atom stereocenters. The number of amides is 1. The molecule has 1 aliphatic carbocycles. The molecule has 4 nitrogen and oxygen atoms in total. The molecule has 0 aromatic rings. The zero-order valence-electron chi connectivity index (χ0n) is 8.88. The third-order valence-corrected chi connectivity index (χ3v) is 2.43. The minimum atomic E-state index is -0.789. The van der Waals surface area contributed by atoms with E-state index in [0.717, 1.165) is 12.8 Å². The van der Waals surface area contributed by atoms with Gasteiger partial charge in [-0.3, -0.25) is 0 Å². The molecule has 0 radical (unpaired) electrons. The van der Waals surface area contributed by atoms with Crippen molar-refractivity contribution in [1.82, 2.24) is 5.32 Å². The molecule has 1 fully saturated rings. The zero-order valence-corrected chi connectivity index (χ0v) is 8.88. The molecular weight excluding hydrogens is 182 g/mol. The monoisotopic (exact) mass is 201 g/mol. The molecule has 82 valence electrons. The third kappa shape index (κ3) is 3.54. The van der Waals surface area contributed by atoms with Crippen molar-refractivity contribution in [1.29, 1.82) is 0 Å². The van der Waals surface area contributed by atoms with Crippen molar-refractivity contribution in [3.63, 3.8) is 0 Å². The Balaban J connectivity index is 2.27. The smallest absolute Gasteiger partial charge is 0.407 e. The Morgan fingerprint density at radius 1 is 1.50 bits per heavy atom. The molecule has 1 aliphatic rings. The van der Waals surface area contributed by atoms with E-state index in [1.165, 1.54) is 12.8 Å². The second-order valence-electron chi connectivity index (χ2n) is 4.43. The fourth-order valence-electron chi connectivity index (χ4n) is 1.55. The molecule has 0 heterocycles. The molecule has 1 amide bonds. The molecule has 0 bridgehead atoms. The van der Waals surface area contributed by atoms with Crippen LogP contribution in [-0.4, -0.2) is 29.4 Å². The summed E-state index contributed by atoms with van der Waals surface area (Å²) in [6.45, 7) is 3.20. The highest BCUT2D eigenvalue weighted by molar-refractivity contribution is 5.68. The van der Waals surface area contributed by atoms with Crippen LogP contribution in [0.2, 0.25) is 0 Å². The van der Waals surface area contributed by atoms with Gasteiger partial charge in [-0.25, -0.2) is 4.79 Å². The number of hydrogen-bond acceptors (Lipinski definition) is 3. The first-order chi connectivity index (χ1) is 6.53. The molecule has 1 rings (SSSR count). The topological polar surface area (TPSA) is 58.6 Å². The van der Waals surface area contributed by atoms with E-state index < -0.39 is 11.7 Å². The van der Waals surface area contributed by atoms with E-state index in [0.29, 0.717) is 0 Å². The molecule has 0 saturated heterocycles. The van der Waals surface area contributed by atoms with E-state index in [1.54, 1.807) is 13.8 Å². The largest absolute Gasteiger partial charge is 0.441 e. The number of aliphatic hydroxyl groups excluding tert-OH is 1. The molecule has 0 aliphatic heterocycles. The molecule has 0 unspecified atom stereocenters. The van der Waals surface area contributed by atoms with Gasteiger partial charge in [0.2, 0.25) is 0 Å². The van der Waals surface area contributed by atoms with Crippen LogP contribution in [0.1, 0.15) is 39.5 Å². The van der Waals surface area contributed by atoms with Gasteiger partial charge in [0.25, 0.3) is 0 Å². The van der Waals surface area contributed by atoms with Crippen molar-refractivity contribution in [3.05, 3.63) is 0 Å². The van der Waals surface area contributed by atoms with Gasteiger partial charge in [0.1, 0.15) is 5.60 Å². The molecular formula is C10H19NO3. The molecule has 1 saturated carbocycles. The second-order valence-corrected chi connectivity index (χ2v) is 4.43. The first kappa shape index (κ1) is 11.3. The predicted octanol–water partition coefficient (Wildman–Crippen LogP) is 1.43. The number of carbonyl (C=O) groups is 1. The molecule has 4 heteroatoms. The first-order valence-corrected chi connectivity index (χ1v) is 5.14. The fourth-order valence-corrected chi connectivity index (χ4v) is 1.55. The van der Waals surface area contributed by atoms with E-state index in [1.807, 2.05) is 0 Å². The van der Waals surface area contributed by atoms with Crippen LogP contribution in [0.25, 0.3) is 0 Å². The van der Waals surface area contributed by atoms with Crippen molar-refractivity contribution >= 4 is 6.09 Å². The van der Waals surface area contributed by atoms with Crippen molar-refractivity contribution in [2.75, 3.05) is 6.61 Å². The maximum atomic E-state index is 11.3. The Morgan fingerprint density at radius 3 is 2.57 bits per heavy atom. The molecule has 2 N–H and O–H groups in total. The Bertz CT molecular complexity index is 198. The SMILES string of the molecule is CC(C)(CO)OC(=O)NC1CCCC1. The fraction of sp³-hybridized carbons (Fsp3) is 0.900. The standard InChI is InChI=1S/C10H19NO3/c1-10(2,7-12)14-9(13)11-8-5-3-4-6-8/h8,12H,3-7H2,1-2H3,(H,11,13). The van der Waals surface area contributed by atoms with E-state index in [2.05, 4.69) is 5.32 Å². The highest BCUT2D eigenvalue weighted by Crippen LogP contribution is 2.18. The van der Waals surface area contributed by atoms with Crippen molar-refractivity contribution < 1.29 is 14.6 Å². The van der Waals surface area contributed by atoms with Gasteiger partial charge < -0.3 is 15.2 Å². The Kier molecular flexibility index (Phi) is 3.75. The van der Waals surface area contributed by atoms with Crippen LogP contribution in [0.15, 0.2) is 0 Å². The zero-order chi connectivity index (χ0) is 10.6. The van der Waals surface area contributed by atoms with Crippen LogP contribution in [0.4, 0.5) is 4.79 Å². The predicted molar refractivity (Wildman–Crippen MR) is 53.0 cm³/mol. The van der Waals surface area contributed by atoms with E-state index in [-0.39, 0.29) is 12.6 Å². The lowest BCUT2D eigenvalue weighted by atomic mass is 10.1. The minimum absolute atomic E-state index is 0.162. The van der Waals surface area contributed by atoms with Crippen LogP contribution >= 0.6 is 0 Å². The summed E-state index contributed by atoms with van der Waals surface area (Å²) in [7, 11) is 0. The van der Waals surface area contributed by atoms with Crippen molar-refractivity contribution in [2.24, 2.45) is 0 Å². The van der Waals surface area contributed by atoms with Gasteiger partial charge in [-0.05, 0) is 26.7 Å². The van der Waals surface area contributed by atoms with E-state index in [9.17, 15) is 4.79 Å².